The summed E-state index contributed by atoms with van der Waals surface area (Å²) in [5, 5.41) is 11.8. The Bertz CT molecular complexity index is 388. The summed E-state index contributed by atoms with van der Waals surface area (Å²) in [6.07, 6.45) is 1.66. The molecule has 0 aliphatic rings. The quantitative estimate of drug-likeness (QED) is 0.663. The number of rotatable bonds is 4. The molecule has 0 amide bonds. The Morgan fingerprint density at radius 3 is 2.80 bits per heavy atom. The molecule has 2 N–H and O–H groups in total. The van der Waals surface area contributed by atoms with Crippen LogP contribution in [0.1, 0.15) is 6.92 Å². The number of anilines is 1. The lowest BCUT2D eigenvalue weighted by Gasteiger charge is -2.05. The Labute approximate surface area is 102 Å². The zero-order valence-corrected chi connectivity index (χ0v) is 10.5. The Hall–Kier alpha value is -1.04. The average molecular weight is 317 g/mol. The van der Waals surface area contributed by atoms with Gasteiger partial charge in [-0.15, -0.1) is 0 Å². The third-order valence-corrected chi connectivity index (χ3v) is 2.85. The normalized spacial score (nSPS) is 11.2. The summed E-state index contributed by atoms with van der Waals surface area (Å²) in [7, 11) is 0. The van der Waals surface area contributed by atoms with E-state index in [1.165, 1.54) is 0 Å². The van der Waals surface area contributed by atoms with Crippen LogP contribution in [0.5, 0.6) is 0 Å². The van der Waals surface area contributed by atoms with Crippen LogP contribution in [-0.4, -0.2) is 17.6 Å². The number of hydrogen-bond acceptors (Lipinski definition) is 2. The van der Waals surface area contributed by atoms with E-state index in [-0.39, 0.29) is 0 Å². The van der Waals surface area contributed by atoms with E-state index in [2.05, 4.69) is 27.9 Å². The number of aliphatic carboxylic acids is 1. The summed E-state index contributed by atoms with van der Waals surface area (Å²) in [6.45, 7) is 2.11. The van der Waals surface area contributed by atoms with Gasteiger partial charge >= 0.3 is 5.97 Å². The van der Waals surface area contributed by atoms with E-state index in [1.807, 2.05) is 24.3 Å². The van der Waals surface area contributed by atoms with Crippen molar-refractivity contribution in [2.24, 2.45) is 0 Å². The van der Waals surface area contributed by atoms with Gasteiger partial charge in [0.15, 0.2) is 0 Å². The van der Waals surface area contributed by atoms with E-state index in [4.69, 9.17) is 5.11 Å². The molecule has 1 aromatic rings. The number of carboxylic acids is 1. The number of carboxylic acid groups (broad SMARTS) is 1. The summed E-state index contributed by atoms with van der Waals surface area (Å²) in [6, 6.07) is 7.87. The van der Waals surface area contributed by atoms with E-state index in [1.54, 1.807) is 13.0 Å². The van der Waals surface area contributed by atoms with Crippen molar-refractivity contribution in [2.45, 2.75) is 6.92 Å². The first-order valence-corrected chi connectivity index (χ1v) is 5.57. The molecule has 15 heavy (non-hydrogen) atoms. The van der Waals surface area contributed by atoms with Crippen LogP contribution in [0.2, 0.25) is 0 Å². The molecule has 0 atom stereocenters. The van der Waals surface area contributed by atoms with E-state index >= 15 is 0 Å². The van der Waals surface area contributed by atoms with Crippen LogP contribution in [0, 0.1) is 3.57 Å². The molecule has 0 aromatic heterocycles. The number of para-hydroxylation sites is 1. The van der Waals surface area contributed by atoms with Crippen LogP contribution < -0.4 is 5.32 Å². The van der Waals surface area contributed by atoms with E-state index in [0.717, 1.165) is 9.26 Å². The molecule has 0 aliphatic carbocycles. The summed E-state index contributed by atoms with van der Waals surface area (Å²) < 4.78 is 1.12. The summed E-state index contributed by atoms with van der Waals surface area (Å²) in [5.41, 5.74) is 1.38. The van der Waals surface area contributed by atoms with Gasteiger partial charge in [0.25, 0.3) is 0 Å². The molecular weight excluding hydrogens is 305 g/mol. The predicted molar refractivity (Wildman–Crippen MR) is 69.0 cm³/mol. The standard InChI is InChI=1S/C11H12INO2/c1-8(11(14)15)6-7-13-10-5-3-2-4-9(10)12/h2-6,13H,7H2,1H3,(H,14,15)/b8-6-. The molecule has 0 aliphatic heterocycles. The fraction of sp³-hybridized carbons (Fsp3) is 0.182. The number of benzene rings is 1. The Balaban J connectivity index is 2.55. The molecule has 3 nitrogen and oxygen atoms in total. The predicted octanol–water partition coefficient (Wildman–Crippen LogP) is 2.73. The van der Waals surface area contributed by atoms with Gasteiger partial charge in [0.05, 0.1) is 0 Å². The van der Waals surface area contributed by atoms with Crippen LogP contribution >= 0.6 is 22.6 Å². The lowest BCUT2D eigenvalue weighted by Crippen LogP contribution is -2.03. The van der Waals surface area contributed by atoms with Gasteiger partial charge in [-0.3, -0.25) is 0 Å². The molecule has 0 radical (unpaired) electrons. The molecule has 1 rings (SSSR count). The minimum Gasteiger partial charge on any atom is -0.478 e. The molecule has 80 valence electrons. The summed E-state index contributed by atoms with van der Waals surface area (Å²) in [5.74, 6) is -0.875. The van der Waals surface area contributed by atoms with Crippen molar-refractivity contribution in [1.29, 1.82) is 0 Å². The second-order valence-electron chi connectivity index (χ2n) is 3.05. The Morgan fingerprint density at radius 1 is 1.53 bits per heavy atom. The molecular formula is C11H12INO2. The topological polar surface area (TPSA) is 49.3 Å². The van der Waals surface area contributed by atoms with Crippen molar-refractivity contribution in [2.75, 3.05) is 11.9 Å². The van der Waals surface area contributed by atoms with Gasteiger partial charge in [0, 0.05) is 21.4 Å². The first-order valence-electron chi connectivity index (χ1n) is 4.49. The lowest BCUT2D eigenvalue weighted by atomic mass is 10.3. The fourth-order valence-corrected chi connectivity index (χ4v) is 1.58. The Kier molecular flexibility index (Phi) is 4.61. The number of nitrogens with one attached hydrogen (secondary N) is 1. The van der Waals surface area contributed by atoms with Crippen LogP contribution in [-0.2, 0) is 4.79 Å². The Morgan fingerprint density at radius 2 is 2.20 bits per heavy atom. The summed E-state index contributed by atoms with van der Waals surface area (Å²) >= 11 is 2.23. The first kappa shape index (κ1) is 12.0. The lowest BCUT2D eigenvalue weighted by molar-refractivity contribution is -0.132. The van der Waals surface area contributed by atoms with E-state index < -0.39 is 5.97 Å². The fourth-order valence-electron chi connectivity index (χ4n) is 1.01. The molecule has 0 heterocycles. The second kappa shape index (κ2) is 5.75. The minimum atomic E-state index is -0.875. The molecule has 0 spiro atoms. The SMILES string of the molecule is C/C(=C/CNc1ccccc1I)C(=O)O. The van der Waals surface area contributed by atoms with Gasteiger partial charge in [-0.2, -0.15) is 0 Å². The number of hydrogen-bond donors (Lipinski definition) is 2. The molecule has 0 unspecified atom stereocenters. The molecule has 0 saturated heterocycles. The van der Waals surface area contributed by atoms with Gasteiger partial charge < -0.3 is 10.4 Å². The van der Waals surface area contributed by atoms with Gasteiger partial charge in [-0.05, 0) is 41.6 Å². The van der Waals surface area contributed by atoms with Crippen molar-refractivity contribution < 1.29 is 9.90 Å². The van der Waals surface area contributed by atoms with Gasteiger partial charge in [-0.1, -0.05) is 18.2 Å². The highest BCUT2D eigenvalue weighted by molar-refractivity contribution is 14.1. The zero-order valence-electron chi connectivity index (χ0n) is 8.33. The van der Waals surface area contributed by atoms with Crippen molar-refractivity contribution in [3.63, 3.8) is 0 Å². The smallest absolute Gasteiger partial charge is 0.331 e. The van der Waals surface area contributed by atoms with E-state index in [0.29, 0.717) is 12.1 Å². The summed E-state index contributed by atoms with van der Waals surface area (Å²) in [4.78, 5) is 10.5. The largest absolute Gasteiger partial charge is 0.478 e. The molecule has 0 bridgehead atoms. The van der Waals surface area contributed by atoms with Crippen LogP contribution in [0.3, 0.4) is 0 Å². The zero-order chi connectivity index (χ0) is 11.3. The third kappa shape index (κ3) is 3.91. The highest BCUT2D eigenvalue weighted by Gasteiger charge is 1.99. The first-order chi connectivity index (χ1) is 7.11. The number of halogens is 1. The monoisotopic (exact) mass is 317 g/mol. The van der Waals surface area contributed by atoms with E-state index in [9.17, 15) is 4.79 Å². The minimum absolute atomic E-state index is 0.355. The maximum Gasteiger partial charge on any atom is 0.331 e. The van der Waals surface area contributed by atoms with Crippen molar-refractivity contribution in [3.05, 3.63) is 39.5 Å². The highest BCUT2D eigenvalue weighted by atomic mass is 127. The van der Waals surface area contributed by atoms with Crippen LogP contribution in [0.4, 0.5) is 5.69 Å². The van der Waals surface area contributed by atoms with Crippen molar-refractivity contribution >= 4 is 34.2 Å². The molecule has 0 saturated carbocycles. The van der Waals surface area contributed by atoms with Gasteiger partial charge in [-0.25, -0.2) is 4.79 Å². The van der Waals surface area contributed by atoms with Crippen molar-refractivity contribution in [1.82, 2.24) is 0 Å². The van der Waals surface area contributed by atoms with Gasteiger partial charge in [0.1, 0.15) is 0 Å². The highest BCUT2D eigenvalue weighted by Crippen LogP contribution is 2.16. The average Bonchev–Trinajstić information content (AvgIpc) is 2.20. The second-order valence-corrected chi connectivity index (χ2v) is 4.22. The van der Waals surface area contributed by atoms with Crippen molar-refractivity contribution in [3.8, 4) is 0 Å². The third-order valence-electron chi connectivity index (χ3n) is 1.91. The maximum absolute atomic E-state index is 10.5. The molecule has 0 fully saturated rings. The van der Waals surface area contributed by atoms with Crippen LogP contribution in [0.25, 0.3) is 0 Å². The maximum atomic E-state index is 10.5. The molecule has 1 aromatic carbocycles. The molecule has 4 heteroatoms. The number of carbonyl (C=O) groups is 1. The van der Waals surface area contributed by atoms with Gasteiger partial charge in [0.2, 0.25) is 0 Å². The van der Waals surface area contributed by atoms with Crippen LogP contribution in [0.15, 0.2) is 35.9 Å².